The Morgan fingerprint density at radius 2 is 2.19 bits per heavy atom. The molecule has 1 aliphatic rings. The number of carbonyl (C=O) groups is 1. The van der Waals surface area contributed by atoms with E-state index in [4.69, 9.17) is 4.52 Å². The van der Waals surface area contributed by atoms with Crippen LogP contribution in [0.5, 0.6) is 0 Å². The number of aliphatic hydroxyl groups is 1. The summed E-state index contributed by atoms with van der Waals surface area (Å²) in [4.78, 5) is 23.0. The summed E-state index contributed by atoms with van der Waals surface area (Å²) in [5, 5.41) is 17.7. The Morgan fingerprint density at radius 1 is 1.42 bits per heavy atom. The number of anilines is 1. The van der Waals surface area contributed by atoms with Crippen molar-refractivity contribution in [3.05, 3.63) is 35.1 Å². The van der Waals surface area contributed by atoms with Crippen molar-refractivity contribution in [2.75, 3.05) is 24.5 Å². The summed E-state index contributed by atoms with van der Waals surface area (Å²) in [5.74, 6) is 1.09. The highest BCUT2D eigenvalue weighted by molar-refractivity contribution is 5.96. The Balaban J connectivity index is 1.65. The molecule has 1 saturated heterocycles. The number of carbonyl (C=O) groups excluding carboxylic acids is 1. The van der Waals surface area contributed by atoms with Gasteiger partial charge in [0.1, 0.15) is 29.1 Å². The van der Waals surface area contributed by atoms with E-state index >= 15 is 0 Å². The van der Waals surface area contributed by atoms with Crippen molar-refractivity contribution in [2.24, 2.45) is 0 Å². The molecule has 1 amide bonds. The number of rotatable bonds is 5. The van der Waals surface area contributed by atoms with Crippen molar-refractivity contribution in [1.82, 2.24) is 20.4 Å². The molecule has 0 aromatic carbocycles. The molecule has 0 spiro atoms. The van der Waals surface area contributed by atoms with E-state index in [9.17, 15) is 9.90 Å². The smallest absolute Gasteiger partial charge is 0.256 e. The standard InChI is InChI=1S/C18H25N5O3/c1-11(2)16-15(13(4)26-22-16)17(24)19-8-18(25)5-6-23(9-18)14-7-12(3)20-10-21-14/h7,10-11,25H,5-6,8-9H2,1-4H3,(H,19,24). The first-order valence-corrected chi connectivity index (χ1v) is 8.79. The van der Waals surface area contributed by atoms with Crippen molar-refractivity contribution >= 4 is 11.7 Å². The van der Waals surface area contributed by atoms with Crippen LogP contribution < -0.4 is 10.2 Å². The maximum atomic E-state index is 12.6. The third-order valence-corrected chi connectivity index (χ3v) is 4.69. The second-order valence-electron chi connectivity index (χ2n) is 7.25. The molecule has 8 heteroatoms. The van der Waals surface area contributed by atoms with Crippen LogP contribution in [-0.4, -0.2) is 51.4 Å². The lowest BCUT2D eigenvalue weighted by atomic mass is 10.0. The monoisotopic (exact) mass is 359 g/mol. The summed E-state index contributed by atoms with van der Waals surface area (Å²) < 4.78 is 5.17. The van der Waals surface area contributed by atoms with Gasteiger partial charge in [-0.1, -0.05) is 19.0 Å². The summed E-state index contributed by atoms with van der Waals surface area (Å²) in [6.07, 6.45) is 2.07. The molecule has 0 saturated carbocycles. The second kappa shape index (κ2) is 7.03. The van der Waals surface area contributed by atoms with Crippen molar-refractivity contribution in [2.45, 2.75) is 45.6 Å². The van der Waals surface area contributed by atoms with Gasteiger partial charge in [0.15, 0.2) is 0 Å². The van der Waals surface area contributed by atoms with Crippen molar-refractivity contribution in [3.8, 4) is 0 Å². The molecular formula is C18H25N5O3. The molecule has 26 heavy (non-hydrogen) atoms. The van der Waals surface area contributed by atoms with Gasteiger partial charge in [-0.05, 0) is 26.2 Å². The molecule has 0 aliphatic carbocycles. The Kier molecular flexibility index (Phi) is 4.95. The average Bonchev–Trinajstić information content (AvgIpc) is 3.17. The van der Waals surface area contributed by atoms with Crippen LogP contribution in [-0.2, 0) is 0 Å². The van der Waals surface area contributed by atoms with E-state index in [1.807, 2.05) is 31.7 Å². The lowest BCUT2D eigenvalue weighted by Gasteiger charge is -2.24. The minimum Gasteiger partial charge on any atom is -0.386 e. The van der Waals surface area contributed by atoms with Gasteiger partial charge in [-0.25, -0.2) is 9.97 Å². The van der Waals surface area contributed by atoms with E-state index in [2.05, 4.69) is 20.4 Å². The summed E-state index contributed by atoms with van der Waals surface area (Å²) in [5.41, 5.74) is 0.974. The van der Waals surface area contributed by atoms with E-state index in [-0.39, 0.29) is 18.4 Å². The molecule has 0 bridgehead atoms. The summed E-state index contributed by atoms with van der Waals surface area (Å²) in [6.45, 7) is 8.78. The SMILES string of the molecule is Cc1cc(N2CCC(O)(CNC(=O)c3c(C(C)C)noc3C)C2)ncn1. The highest BCUT2D eigenvalue weighted by Gasteiger charge is 2.37. The first kappa shape index (κ1) is 18.3. The van der Waals surface area contributed by atoms with E-state index in [1.165, 1.54) is 6.33 Å². The van der Waals surface area contributed by atoms with Gasteiger partial charge in [0.25, 0.3) is 5.91 Å². The third kappa shape index (κ3) is 3.70. The number of aromatic nitrogens is 3. The fourth-order valence-corrected chi connectivity index (χ4v) is 3.20. The second-order valence-corrected chi connectivity index (χ2v) is 7.25. The largest absolute Gasteiger partial charge is 0.386 e. The number of aryl methyl sites for hydroxylation is 2. The molecule has 1 aliphatic heterocycles. The molecule has 0 radical (unpaired) electrons. The first-order valence-electron chi connectivity index (χ1n) is 8.79. The average molecular weight is 359 g/mol. The summed E-state index contributed by atoms with van der Waals surface area (Å²) in [6, 6.07) is 1.89. The van der Waals surface area contributed by atoms with Gasteiger partial charge < -0.3 is 19.8 Å². The Morgan fingerprint density at radius 3 is 2.88 bits per heavy atom. The highest BCUT2D eigenvalue weighted by Crippen LogP contribution is 2.26. The zero-order chi connectivity index (χ0) is 18.9. The minimum atomic E-state index is -1.00. The van der Waals surface area contributed by atoms with Crippen LogP contribution in [0, 0.1) is 13.8 Å². The van der Waals surface area contributed by atoms with E-state index in [0.29, 0.717) is 36.5 Å². The van der Waals surface area contributed by atoms with Crippen LogP contribution in [0.3, 0.4) is 0 Å². The quantitative estimate of drug-likeness (QED) is 0.835. The van der Waals surface area contributed by atoms with Crippen LogP contribution in [0.1, 0.15) is 53.7 Å². The minimum absolute atomic E-state index is 0.0827. The lowest BCUT2D eigenvalue weighted by Crippen LogP contribution is -2.45. The van der Waals surface area contributed by atoms with Crippen LogP contribution >= 0.6 is 0 Å². The molecule has 1 unspecified atom stereocenters. The van der Waals surface area contributed by atoms with E-state index in [0.717, 1.165) is 11.5 Å². The zero-order valence-corrected chi connectivity index (χ0v) is 15.6. The molecule has 140 valence electrons. The molecule has 2 N–H and O–H groups in total. The van der Waals surface area contributed by atoms with Crippen molar-refractivity contribution < 1.29 is 14.4 Å². The number of nitrogens with zero attached hydrogens (tertiary/aromatic N) is 4. The third-order valence-electron chi connectivity index (χ3n) is 4.69. The molecule has 3 heterocycles. The van der Waals surface area contributed by atoms with Gasteiger partial charge in [-0.3, -0.25) is 4.79 Å². The molecule has 2 aromatic rings. The summed E-state index contributed by atoms with van der Waals surface area (Å²) in [7, 11) is 0. The Labute approximate surface area is 152 Å². The Bertz CT molecular complexity index is 804. The van der Waals surface area contributed by atoms with Gasteiger partial charge in [0.2, 0.25) is 0 Å². The Hall–Kier alpha value is -2.48. The van der Waals surface area contributed by atoms with Crippen molar-refractivity contribution in [3.63, 3.8) is 0 Å². The van der Waals surface area contributed by atoms with E-state index in [1.54, 1.807) is 6.92 Å². The zero-order valence-electron chi connectivity index (χ0n) is 15.6. The fraction of sp³-hybridized carbons (Fsp3) is 0.556. The number of hydrogen-bond acceptors (Lipinski definition) is 7. The predicted molar refractivity (Wildman–Crippen MR) is 96.2 cm³/mol. The lowest BCUT2D eigenvalue weighted by molar-refractivity contribution is 0.0574. The molecule has 1 fully saturated rings. The molecule has 8 nitrogen and oxygen atoms in total. The van der Waals surface area contributed by atoms with Crippen LogP contribution in [0.15, 0.2) is 16.9 Å². The fourth-order valence-electron chi connectivity index (χ4n) is 3.20. The predicted octanol–water partition coefficient (Wildman–Crippen LogP) is 1.58. The van der Waals surface area contributed by atoms with Gasteiger partial charge in [-0.2, -0.15) is 0 Å². The van der Waals surface area contributed by atoms with Gasteiger partial charge in [-0.15, -0.1) is 0 Å². The van der Waals surface area contributed by atoms with E-state index < -0.39 is 5.60 Å². The highest BCUT2D eigenvalue weighted by atomic mass is 16.5. The van der Waals surface area contributed by atoms with Gasteiger partial charge >= 0.3 is 0 Å². The van der Waals surface area contributed by atoms with Crippen LogP contribution in [0.2, 0.25) is 0 Å². The topological polar surface area (TPSA) is 104 Å². The van der Waals surface area contributed by atoms with Gasteiger partial charge in [0, 0.05) is 31.4 Å². The van der Waals surface area contributed by atoms with Crippen LogP contribution in [0.4, 0.5) is 5.82 Å². The maximum Gasteiger partial charge on any atom is 0.256 e. The molecular weight excluding hydrogens is 334 g/mol. The number of hydrogen-bond donors (Lipinski definition) is 2. The molecule has 2 aromatic heterocycles. The number of β-amino-alcohol motifs (C(OH)–C–C–N with tert-alkyl or cyclic N) is 1. The summed E-state index contributed by atoms with van der Waals surface area (Å²) >= 11 is 0. The first-order chi connectivity index (χ1) is 12.3. The van der Waals surface area contributed by atoms with Gasteiger partial charge in [0.05, 0.1) is 5.69 Å². The molecule has 1 atom stereocenters. The number of nitrogens with one attached hydrogen (secondary N) is 1. The maximum absolute atomic E-state index is 12.6. The normalized spacial score (nSPS) is 20.0. The molecule has 3 rings (SSSR count). The number of amides is 1. The van der Waals surface area contributed by atoms with Crippen LogP contribution in [0.25, 0.3) is 0 Å². The van der Waals surface area contributed by atoms with Crippen molar-refractivity contribution in [1.29, 1.82) is 0 Å².